The minimum Gasteiger partial charge on any atom is -0.487 e. The van der Waals surface area contributed by atoms with Gasteiger partial charge in [0.2, 0.25) is 0 Å². The Morgan fingerprint density at radius 1 is 1.45 bits per heavy atom. The molecule has 1 amide bonds. The Bertz CT molecular complexity index is 996. The smallest absolute Gasteiger partial charge is 0.346 e. The third-order valence-corrected chi connectivity index (χ3v) is 6.68. The highest BCUT2D eigenvalue weighted by molar-refractivity contribution is 7.89. The van der Waals surface area contributed by atoms with Crippen molar-refractivity contribution in [2.24, 2.45) is 0 Å². The number of fused-ring (bicyclic) bond motifs is 1. The van der Waals surface area contributed by atoms with E-state index in [2.05, 4.69) is 4.98 Å². The van der Waals surface area contributed by atoms with E-state index in [1.807, 2.05) is 13.8 Å². The van der Waals surface area contributed by atoms with E-state index >= 15 is 0 Å². The van der Waals surface area contributed by atoms with Crippen molar-refractivity contribution in [3.8, 4) is 5.75 Å². The Hall–Kier alpha value is -2.36. The number of nitrogens with two attached hydrogens (primary N) is 1. The zero-order valence-corrected chi connectivity index (χ0v) is 17.5. The number of hydrogen-bond acceptors (Lipinski definition) is 4. The fraction of sp³-hybridized carbons (Fsp3) is 0.400. The standard InChI is InChI=1S/C20H24FN3O4S/c1-4-29(26,27)24(13-19(25)23-15-6-5-9-22-12-15)17-11-20(2,3)28-18-8-7-14(21)10-16(17)18/h5-10,12,17H,4,11,13H2,1-3H3,(H,23,25)/p+2. The van der Waals surface area contributed by atoms with Gasteiger partial charge < -0.3 is 4.74 Å². The number of aromatic nitrogens is 1. The molecule has 3 rings (SSSR count). The number of pyridine rings is 1. The predicted molar refractivity (Wildman–Crippen MR) is 107 cm³/mol. The van der Waals surface area contributed by atoms with Crippen LogP contribution in [-0.4, -0.2) is 41.5 Å². The molecule has 29 heavy (non-hydrogen) atoms. The highest BCUT2D eigenvalue weighted by atomic mass is 32.2. The van der Waals surface area contributed by atoms with Crippen LogP contribution in [0.1, 0.15) is 38.8 Å². The fourth-order valence-electron chi connectivity index (χ4n) is 3.47. The summed E-state index contributed by atoms with van der Waals surface area (Å²) in [5.41, 5.74) is 0.429. The number of amides is 1. The average molecular weight is 424 g/mol. The van der Waals surface area contributed by atoms with Gasteiger partial charge >= 0.3 is 15.9 Å². The minimum absolute atomic E-state index is 0.0599. The van der Waals surface area contributed by atoms with Gasteiger partial charge in [0.05, 0.1) is 12.2 Å². The molecule has 1 aliphatic rings. The van der Waals surface area contributed by atoms with Crippen molar-refractivity contribution < 1.29 is 27.7 Å². The molecule has 1 aliphatic heterocycles. The maximum atomic E-state index is 14.0. The van der Waals surface area contributed by atoms with Crippen molar-refractivity contribution >= 4 is 21.6 Å². The van der Waals surface area contributed by atoms with Gasteiger partial charge in [-0.3, -0.25) is 4.98 Å². The third kappa shape index (κ3) is 4.98. The van der Waals surface area contributed by atoms with E-state index in [-0.39, 0.29) is 18.2 Å². The molecule has 2 unspecified atom stereocenters. The molecule has 0 spiro atoms. The van der Waals surface area contributed by atoms with Crippen molar-refractivity contribution in [3.63, 3.8) is 0 Å². The number of carbonyl (C=O) groups excluding carboxylic acids is 1. The SMILES string of the molecule is CCS(=O)(=[OH+])N(CC(=O)[NH2+]c1cccnc1)C1CC(C)(C)Oc2ccc(F)cc21. The second-order valence-electron chi connectivity index (χ2n) is 7.63. The number of quaternary nitrogens is 1. The average Bonchev–Trinajstić information content (AvgIpc) is 2.66. The lowest BCUT2D eigenvalue weighted by Gasteiger charge is -2.40. The molecule has 1 aromatic heterocycles. The normalized spacial score (nSPS) is 19.8. The molecule has 0 radical (unpaired) electrons. The zero-order chi connectivity index (χ0) is 21.2. The molecule has 0 saturated carbocycles. The van der Waals surface area contributed by atoms with E-state index in [0.717, 1.165) is 0 Å². The Morgan fingerprint density at radius 3 is 2.86 bits per heavy atom. The summed E-state index contributed by atoms with van der Waals surface area (Å²) in [4.78, 5) is 16.7. The van der Waals surface area contributed by atoms with Crippen molar-refractivity contribution in [3.05, 3.63) is 54.1 Å². The van der Waals surface area contributed by atoms with Crippen molar-refractivity contribution in [2.45, 2.75) is 38.8 Å². The molecule has 0 saturated heterocycles. The van der Waals surface area contributed by atoms with Crippen LogP contribution in [0.15, 0.2) is 42.7 Å². The Kier molecular flexibility index (Phi) is 6.02. The Labute approximate surface area is 169 Å². The molecule has 3 N–H and O–H groups in total. The molecule has 7 nitrogen and oxygen atoms in total. The molecule has 156 valence electrons. The van der Waals surface area contributed by atoms with Gasteiger partial charge in [0.1, 0.15) is 29.5 Å². The molecule has 9 heteroatoms. The molecule has 0 bridgehead atoms. The van der Waals surface area contributed by atoms with Crippen LogP contribution in [0, 0.1) is 5.82 Å². The van der Waals surface area contributed by atoms with Crippen LogP contribution in [0.3, 0.4) is 0 Å². The highest BCUT2D eigenvalue weighted by Gasteiger charge is 2.44. The van der Waals surface area contributed by atoms with E-state index in [4.69, 9.17) is 4.74 Å². The van der Waals surface area contributed by atoms with E-state index in [1.54, 1.807) is 31.5 Å². The first-order valence-electron chi connectivity index (χ1n) is 9.38. The van der Waals surface area contributed by atoms with E-state index in [0.29, 0.717) is 23.4 Å². The largest absolute Gasteiger partial charge is 0.487 e. The summed E-state index contributed by atoms with van der Waals surface area (Å²) < 4.78 is 44.9. The van der Waals surface area contributed by atoms with Gasteiger partial charge in [0.15, 0.2) is 5.69 Å². The van der Waals surface area contributed by atoms with E-state index < -0.39 is 27.5 Å². The van der Waals surface area contributed by atoms with Crippen LogP contribution in [-0.2, 0) is 14.8 Å². The minimum atomic E-state index is -3.50. The zero-order valence-electron chi connectivity index (χ0n) is 16.7. The molecule has 2 heterocycles. The molecular weight excluding hydrogens is 397 g/mol. The summed E-state index contributed by atoms with van der Waals surface area (Å²) in [6, 6.07) is 6.91. The first kappa shape index (κ1) is 21.4. The topological polar surface area (TPSA) is 97.5 Å². The van der Waals surface area contributed by atoms with Crippen LogP contribution in [0.25, 0.3) is 0 Å². The van der Waals surface area contributed by atoms with Gasteiger partial charge in [-0.15, -0.1) is 4.31 Å². The number of ether oxygens (including phenoxy) is 1. The maximum Gasteiger partial charge on any atom is 0.346 e. The van der Waals surface area contributed by atoms with Crippen LogP contribution in [0.4, 0.5) is 10.1 Å². The summed E-state index contributed by atoms with van der Waals surface area (Å²) in [6.45, 7) is 5.02. The summed E-state index contributed by atoms with van der Waals surface area (Å²) >= 11 is 0. The number of nitrogens with zero attached hydrogens (tertiary/aromatic N) is 2. The van der Waals surface area contributed by atoms with Gasteiger partial charge in [0, 0.05) is 24.2 Å². The predicted octanol–water partition coefficient (Wildman–Crippen LogP) is 2.05. The Morgan fingerprint density at radius 2 is 2.21 bits per heavy atom. The number of benzene rings is 1. The van der Waals surface area contributed by atoms with Crippen molar-refractivity contribution in [1.82, 2.24) is 9.29 Å². The van der Waals surface area contributed by atoms with Crippen LogP contribution < -0.4 is 10.1 Å². The quantitative estimate of drug-likeness (QED) is 0.719. The number of primary amides is 1. The van der Waals surface area contributed by atoms with Crippen LogP contribution in [0.2, 0.25) is 0 Å². The third-order valence-electron chi connectivity index (χ3n) is 4.82. The highest BCUT2D eigenvalue weighted by Crippen LogP contribution is 2.43. The molecule has 0 aliphatic carbocycles. The molecule has 2 aromatic rings. The lowest BCUT2D eigenvalue weighted by molar-refractivity contribution is -0.483. The maximum absolute atomic E-state index is 14.0. The lowest BCUT2D eigenvalue weighted by atomic mass is 9.89. The summed E-state index contributed by atoms with van der Waals surface area (Å²) in [7, 11) is -3.50. The first-order valence-corrected chi connectivity index (χ1v) is 11.0. The van der Waals surface area contributed by atoms with Gasteiger partial charge in [-0.25, -0.2) is 18.7 Å². The number of hydrogen-bond donors (Lipinski definition) is 1. The Balaban J connectivity index is 1.97. The fourth-order valence-corrected chi connectivity index (χ4v) is 4.71. The van der Waals surface area contributed by atoms with Crippen molar-refractivity contribution in [1.29, 1.82) is 0 Å². The lowest BCUT2D eigenvalue weighted by Crippen LogP contribution is -2.84. The molecule has 2 atom stereocenters. The number of carbonyl (C=O) groups is 1. The number of rotatable bonds is 6. The number of halogens is 1. The van der Waals surface area contributed by atoms with Gasteiger partial charge in [-0.2, -0.15) is 4.21 Å². The van der Waals surface area contributed by atoms with Gasteiger partial charge in [0.25, 0.3) is 0 Å². The molecule has 1 aromatic carbocycles. The monoisotopic (exact) mass is 423 g/mol. The second-order valence-corrected chi connectivity index (χ2v) is 9.89. The summed E-state index contributed by atoms with van der Waals surface area (Å²) in [5, 5.41) is 1.39. The van der Waals surface area contributed by atoms with Crippen LogP contribution in [0.5, 0.6) is 5.75 Å². The summed E-state index contributed by atoms with van der Waals surface area (Å²) in [6.07, 6.45) is 3.48. The molecule has 0 fully saturated rings. The van der Waals surface area contributed by atoms with Crippen LogP contribution >= 0.6 is 0 Å². The second kappa shape index (κ2) is 8.17. The van der Waals surface area contributed by atoms with E-state index in [9.17, 15) is 17.6 Å². The first-order chi connectivity index (χ1) is 13.6. The van der Waals surface area contributed by atoms with E-state index in [1.165, 1.54) is 27.8 Å². The summed E-state index contributed by atoms with van der Waals surface area (Å²) in [5.74, 6) is -0.412. The van der Waals surface area contributed by atoms with Gasteiger partial charge in [-0.1, -0.05) is 0 Å². The van der Waals surface area contributed by atoms with Gasteiger partial charge in [-0.05, 0) is 45.0 Å². The van der Waals surface area contributed by atoms with Crippen molar-refractivity contribution in [2.75, 3.05) is 12.3 Å². The molecular formula is C20H26FN3O4S+2.